The van der Waals surface area contributed by atoms with E-state index in [-0.39, 0.29) is 17.9 Å². The van der Waals surface area contributed by atoms with Gasteiger partial charge in [0.25, 0.3) is 0 Å². The minimum atomic E-state index is -0.00920. The van der Waals surface area contributed by atoms with Crippen LogP contribution in [-0.2, 0) is 6.61 Å². The first-order chi connectivity index (χ1) is 16.4. The molecule has 1 heterocycles. The number of anilines is 1. The Kier molecular flexibility index (Phi) is 6.98. The van der Waals surface area contributed by atoms with Crippen LogP contribution in [0.15, 0.2) is 59.1 Å². The van der Waals surface area contributed by atoms with E-state index >= 15 is 0 Å². The Hall–Kier alpha value is -1.56. The molecule has 0 radical (unpaired) electrons. The zero-order valence-corrected chi connectivity index (χ0v) is 22.7. The molecule has 0 saturated heterocycles. The highest BCUT2D eigenvalue weighted by molar-refractivity contribution is 9.10. The van der Waals surface area contributed by atoms with Crippen LogP contribution in [0.25, 0.3) is 0 Å². The number of methoxy groups -OCH3 is 1. The Morgan fingerprint density at radius 3 is 2.59 bits per heavy atom. The summed E-state index contributed by atoms with van der Waals surface area (Å²) in [4.78, 5) is 0. The van der Waals surface area contributed by atoms with E-state index < -0.39 is 0 Å². The van der Waals surface area contributed by atoms with Crippen molar-refractivity contribution in [1.82, 2.24) is 0 Å². The molecule has 2 aliphatic rings. The number of allylic oxidation sites excluding steroid dienone is 2. The largest absolute Gasteiger partial charge is 0.493 e. The molecule has 1 N–H and O–H groups in total. The molecule has 0 aromatic heterocycles. The monoisotopic (exact) mass is 597 g/mol. The van der Waals surface area contributed by atoms with Gasteiger partial charge in [0.1, 0.15) is 6.61 Å². The van der Waals surface area contributed by atoms with Crippen LogP contribution in [0.2, 0.25) is 20.1 Å². The van der Waals surface area contributed by atoms with Gasteiger partial charge in [0, 0.05) is 22.1 Å². The van der Waals surface area contributed by atoms with E-state index in [1.807, 2.05) is 30.3 Å². The average Bonchev–Trinajstić information content (AvgIpc) is 3.31. The summed E-state index contributed by atoms with van der Waals surface area (Å²) in [6.45, 7) is 0.326. The van der Waals surface area contributed by atoms with Crippen LogP contribution in [0.1, 0.15) is 35.1 Å². The lowest BCUT2D eigenvalue weighted by molar-refractivity contribution is 0.282. The molecule has 0 fully saturated rings. The van der Waals surface area contributed by atoms with E-state index in [1.165, 1.54) is 0 Å². The minimum Gasteiger partial charge on any atom is -0.493 e. The molecule has 3 aromatic carbocycles. The molecule has 1 aliphatic carbocycles. The van der Waals surface area contributed by atoms with Crippen molar-refractivity contribution in [2.75, 3.05) is 12.4 Å². The van der Waals surface area contributed by atoms with Gasteiger partial charge in [0.2, 0.25) is 0 Å². The normalized spacial score (nSPS) is 20.5. The van der Waals surface area contributed by atoms with Crippen LogP contribution < -0.4 is 14.8 Å². The molecular formula is C26H20BrCl4NO2. The third-order valence-corrected chi connectivity index (χ3v) is 8.48. The topological polar surface area (TPSA) is 30.5 Å². The van der Waals surface area contributed by atoms with E-state index in [2.05, 4.69) is 39.5 Å². The Labute approximate surface area is 227 Å². The molecule has 0 spiro atoms. The summed E-state index contributed by atoms with van der Waals surface area (Å²) in [5.74, 6) is 1.63. The van der Waals surface area contributed by atoms with Crippen LogP contribution in [0.5, 0.6) is 11.5 Å². The number of fused-ring (bicyclic) bond motifs is 3. The van der Waals surface area contributed by atoms with Gasteiger partial charge in [0.05, 0.1) is 38.4 Å². The maximum Gasteiger partial charge on any atom is 0.175 e. The number of hydrogen-bond donors (Lipinski definition) is 1. The summed E-state index contributed by atoms with van der Waals surface area (Å²) >= 11 is 29.5. The Balaban J connectivity index is 1.50. The molecule has 34 heavy (non-hydrogen) atoms. The molecular weight excluding hydrogens is 580 g/mol. The maximum atomic E-state index is 6.62. The highest BCUT2D eigenvalue weighted by Crippen LogP contribution is 2.55. The van der Waals surface area contributed by atoms with Gasteiger partial charge < -0.3 is 14.8 Å². The van der Waals surface area contributed by atoms with Crippen LogP contribution in [0.3, 0.4) is 0 Å². The molecule has 176 valence electrons. The minimum absolute atomic E-state index is 0.00920. The summed E-state index contributed by atoms with van der Waals surface area (Å²) in [7, 11) is 1.63. The fourth-order valence-corrected chi connectivity index (χ4v) is 6.39. The van der Waals surface area contributed by atoms with Crippen molar-refractivity contribution in [3.05, 3.63) is 95.9 Å². The molecule has 0 unspecified atom stereocenters. The van der Waals surface area contributed by atoms with Gasteiger partial charge in [-0.2, -0.15) is 0 Å². The molecule has 8 heteroatoms. The molecule has 0 bridgehead atoms. The lowest BCUT2D eigenvalue weighted by Crippen LogP contribution is -2.29. The standard InChI is InChI=1S/C26H20BrCl4NO2/c1-33-21-10-14(9-17(27)26(21)34-12-13-5-2-3-8-18(13)28)24-16-7-4-6-15(16)22-23(31)19(29)11-20(30)25(22)32-24/h2-6,8-11,15-16,24,32H,7,12H2,1H3/t15-,16-,24-/m0/s1. The highest BCUT2D eigenvalue weighted by Gasteiger charge is 2.41. The van der Waals surface area contributed by atoms with Crippen LogP contribution in [0.4, 0.5) is 5.69 Å². The van der Waals surface area contributed by atoms with Gasteiger partial charge >= 0.3 is 0 Å². The fourth-order valence-electron chi connectivity index (χ4n) is 4.82. The molecule has 3 atom stereocenters. The number of benzene rings is 3. The first-order valence-electron chi connectivity index (χ1n) is 10.7. The summed E-state index contributed by atoms with van der Waals surface area (Å²) < 4.78 is 12.6. The maximum absolute atomic E-state index is 6.62. The lowest BCUT2D eigenvalue weighted by Gasteiger charge is -2.38. The molecule has 1 aliphatic heterocycles. The van der Waals surface area contributed by atoms with Crippen LogP contribution in [-0.4, -0.2) is 7.11 Å². The van der Waals surface area contributed by atoms with Crippen molar-refractivity contribution in [3.8, 4) is 11.5 Å². The van der Waals surface area contributed by atoms with Gasteiger partial charge in [-0.05, 0) is 58.1 Å². The molecule has 3 nitrogen and oxygen atoms in total. The zero-order valence-electron chi connectivity index (χ0n) is 18.0. The first kappa shape index (κ1) is 24.1. The van der Waals surface area contributed by atoms with Gasteiger partial charge in [-0.25, -0.2) is 0 Å². The number of nitrogens with one attached hydrogen (secondary N) is 1. The van der Waals surface area contributed by atoms with Gasteiger partial charge in [-0.15, -0.1) is 0 Å². The Morgan fingerprint density at radius 1 is 1.03 bits per heavy atom. The first-order valence-corrected chi connectivity index (χ1v) is 13.0. The molecule has 3 aromatic rings. The second-order valence-electron chi connectivity index (χ2n) is 8.33. The number of hydrogen-bond acceptors (Lipinski definition) is 3. The second-order valence-corrected chi connectivity index (χ2v) is 10.8. The summed E-state index contributed by atoms with van der Waals surface area (Å²) in [5.41, 5.74) is 3.74. The van der Waals surface area contributed by atoms with Gasteiger partial charge in [-0.1, -0.05) is 76.8 Å². The Bertz CT molecular complexity index is 1300. The molecule has 0 saturated carbocycles. The van der Waals surface area contributed by atoms with Crippen molar-refractivity contribution in [2.45, 2.75) is 25.0 Å². The Morgan fingerprint density at radius 2 is 1.82 bits per heavy atom. The van der Waals surface area contributed by atoms with E-state index in [0.29, 0.717) is 38.2 Å². The van der Waals surface area contributed by atoms with Gasteiger partial charge in [-0.3, -0.25) is 0 Å². The van der Waals surface area contributed by atoms with Crippen molar-refractivity contribution >= 4 is 68.0 Å². The smallest absolute Gasteiger partial charge is 0.175 e. The number of halogens is 5. The zero-order chi connectivity index (χ0) is 24.0. The number of rotatable bonds is 5. The number of ether oxygens (including phenoxy) is 2. The molecule has 5 rings (SSSR count). The fraction of sp³-hybridized carbons (Fsp3) is 0.231. The van der Waals surface area contributed by atoms with E-state index in [1.54, 1.807) is 13.2 Å². The van der Waals surface area contributed by atoms with Crippen molar-refractivity contribution < 1.29 is 9.47 Å². The van der Waals surface area contributed by atoms with E-state index in [9.17, 15) is 0 Å². The summed E-state index contributed by atoms with van der Waals surface area (Å²) in [6, 6.07) is 13.4. The predicted octanol–water partition coefficient (Wildman–Crippen LogP) is 9.48. The summed E-state index contributed by atoms with van der Waals surface area (Å²) in [5, 5.41) is 5.87. The van der Waals surface area contributed by atoms with E-state index in [0.717, 1.165) is 33.3 Å². The van der Waals surface area contributed by atoms with Crippen molar-refractivity contribution in [3.63, 3.8) is 0 Å². The molecule has 0 amide bonds. The van der Waals surface area contributed by atoms with Crippen molar-refractivity contribution in [1.29, 1.82) is 0 Å². The van der Waals surface area contributed by atoms with Crippen LogP contribution in [0, 0.1) is 5.92 Å². The third-order valence-electron chi connectivity index (χ3n) is 6.42. The SMILES string of the molecule is COc1cc([C@@H]2Nc3c(Cl)cc(Cl)c(Cl)c3[C@H]3C=CC[C@@H]32)cc(Br)c1OCc1ccccc1Cl. The van der Waals surface area contributed by atoms with E-state index in [4.69, 9.17) is 55.9 Å². The van der Waals surface area contributed by atoms with Gasteiger partial charge in [0.15, 0.2) is 11.5 Å². The quantitative estimate of drug-likeness (QED) is 0.234. The lowest BCUT2D eigenvalue weighted by atomic mass is 9.77. The average molecular weight is 600 g/mol. The van der Waals surface area contributed by atoms with Crippen LogP contribution >= 0.6 is 62.3 Å². The van der Waals surface area contributed by atoms with Crippen molar-refractivity contribution in [2.24, 2.45) is 5.92 Å². The third kappa shape index (κ3) is 4.29. The highest BCUT2D eigenvalue weighted by atomic mass is 79.9. The predicted molar refractivity (Wildman–Crippen MR) is 144 cm³/mol. The second kappa shape index (κ2) is 9.83. The summed E-state index contributed by atoms with van der Waals surface area (Å²) in [6.07, 6.45) is 5.30.